The van der Waals surface area contributed by atoms with Crippen LogP contribution in [-0.4, -0.2) is 31.2 Å². The summed E-state index contributed by atoms with van der Waals surface area (Å²) in [4.78, 5) is 12.3. The molecule has 1 heterocycles. The Labute approximate surface area is 114 Å². The van der Waals surface area contributed by atoms with Crippen LogP contribution in [0.1, 0.15) is 25.0 Å². The van der Waals surface area contributed by atoms with Gasteiger partial charge in [-0.2, -0.15) is 0 Å². The van der Waals surface area contributed by atoms with Crippen molar-refractivity contribution in [2.45, 2.75) is 38.4 Å². The van der Waals surface area contributed by atoms with E-state index in [2.05, 4.69) is 22.8 Å². The fourth-order valence-corrected chi connectivity index (χ4v) is 2.46. The van der Waals surface area contributed by atoms with Gasteiger partial charge in [0.2, 0.25) is 5.91 Å². The number of benzene rings is 1. The molecule has 2 N–H and O–H groups in total. The Hall–Kier alpha value is -1.39. The van der Waals surface area contributed by atoms with Crippen molar-refractivity contribution in [1.82, 2.24) is 10.6 Å². The Bertz CT molecular complexity index is 457. The van der Waals surface area contributed by atoms with Gasteiger partial charge in [0.05, 0.1) is 18.2 Å². The minimum atomic E-state index is -0.343. The Kier molecular flexibility index (Phi) is 4.22. The molecular formula is C15H22N2O2. The molecule has 19 heavy (non-hydrogen) atoms. The highest BCUT2D eigenvalue weighted by Gasteiger charge is 2.28. The summed E-state index contributed by atoms with van der Waals surface area (Å²) in [5.74, 6) is 0.0385. The first kappa shape index (κ1) is 14.0. The molecule has 104 valence electrons. The fourth-order valence-electron chi connectivity index (χ4n) is 2.46. The Balaban J connectivity index is 1.99. The molecule has 2 rings (SSSR count). The van der Waals surface area contributed by atoms with Gasteiger partial charge in [-0.05, 0) is 31.4 Å². The molecule has 1 aromatic carbocycles. The highest BCUT2D eigenvalue weighted by Crippen LogP contribution is 2.16. The van der Waals surface area contributed by atoms with Gasteiger partial charge in [-0.1, -0.05) is 24.3 Å². The van der Waals surface area contributed by atoms with E-state index in [-0.39, 0.29) is 17.5 Å². The fraction of sp³-hybridized carbons (Fsp3) is 0.533. The zero-order chi connectivity index (χ0) is 13.9. The molecule has 4 heteroatoms. The number of amides is 1. The van der Waals surface area contributed by atoms with E-state index in [1.54, 1.807) is 7.11 Å². The van der Waals surface area contributed by atoms with Gasteiger partial charge in [0.1, 0.15) is 0 Å². The second kappa shape index (κ2) is 5.72. The van der Waals surface area contributed by atoms with Crippen LogP contribution >= 0.6 is 0 Å². The van der Waals surface area contributed by atoms with Crippen LogP contribution in [0.25, 0.3) is 0 Å². The zero-order valence-corrected chi connectivity index (χ0v) is 11.8. The molecule has 0 saturated heterocycles. The van der Waals surface area contributed by atoms with E-state index in [0.717, 1.165) is 13.0 Å². The highest BCUT2D eigenvalue weighted by atomic mass is 16.5. The maximum absolute atomic E-state index is 12.3. The smallest absolute Gasteiger partial charge is 0.237 e. The van der Waals surface area contributed by atoms with Crippen LogP contribution in [0.2, 0.25) is 0 Å². The van der Waals surface area contributed by atoms with Gasteiger partial charge in [0.15, 0.2) is 0 Å². The SMILES string of the molecule is COCC(C)(C)NC(=O)C1Cc2ccccc2CN1. The first-order chi connectivity index (χ1) is 9.02. The number of nitrogens with one attached hydrogen (secondary N) is 2. The van der Waals surface area contributed by atoms with Crippen LogP contribution in [0.4, 0.5) is 0 Å². The molecule has 0 fully saturated rings. The number of fused-ring (bicyclic) bond motifs is 1. The van der Waals surface area contributed by atoms with Crippen molar-refractivity contribution in [3.8, 4) is 0 Å². The van der Waals surface area contributed by atoms with E-state index < -0.39 is 0 Å². The van der Waals surface area contributed by atoms with Gasteiger partial charge in [0, 0.05) is 13.7 Å². The minimum Gasteiger partial charge on any atom is -0.382 e. The molecule has 4 nitrogen and oxygen atoms in total. The van der Waals surface area contributed by atoms with E-state index in [1.165, 1.54) is 11.1 Å². The van der Waals surface area contributed by atoms with Crippen molar-refractivity contribution in [2.24, 2.45) is 0 Å². The maximum Gasteiger partial charge on any atom is 0.237 e. The van der Waals surface area contributed by atoms with Gasteiger partial charge < -0.3 is 15.4 Å². The molecule has 1 aliphatic heterocycles. The van der Waals surface area contributed by atoms with E-state index in [4.69, 9.17) is 4.74 Å². The minimum absolute atomic E-state index is 0.0385. The van der Waals surface area contributed by atoms with Gasteiger partial charge in [-0.3, -0.25) is 4.79 Å². The molecule has 0 saturated carbocycles. The molecule has 0 aromatic heterocycles. The molecule has 1 atom stereocenters. The highest BCUT2D eigenvalue weighted by molar-refractivity contribution is 5.83. The lowest BCUT2D eigenvalue weighted by Gasteiger charge is -2.30. The van der Waals surface area contributed by atoms with Gasteiger partial charge in [0.25, 0.3) is 0 Å². The summed E-state index contributed by atoms with van der Waals surface area (Å²) >= 11 is 0. The molecule has 0 spiro atoms. The van der Waals surface area contributed by atoms with Gasteiger partial charge in [-0.25, -0.2) is 0 Å². The summed E-state index contributed by atoms with van der Waals surface area (Å²) in [6, 6.07) is 8.09. The summed E-state index contributed by atoms with van der Waals surface area (Å²) in [7, 11) is 1.64. The van der Waals surface area contributed by atoms with Crippen molar-refractivity contribution in [2.75, 3.05) is 13.7 Å². The standard InChI is InChI=1S/C15H22N2O2/c1-15(2,10-19-3)17-14(18)13-8-11-6-4-5-7-12(11)9-16-13/h4-7,13,16H,8-10H2,1-3H3,(H,17,18). The Morgan fingerprint density at radius 1 is 1.42 bits per heavy atom. The van der Waals surface area contributed by atoms with Crippen molar-refractivity contribution < 1.29 is 9.53 Å². The third-order valence-electron chi connectivity index (χ3n) is 3.36. The van der Waals surface area contributed by atoms with Crippen molar-refractivity contribution in [1.29, 1.82) is 0 Å². The monoisotopic (exact) mass is 262 g/mol. The second-order valence-electron chi connectivity index (χ2n) is 5.71. The summed E-state index contributed by atoms with van der Waals surface area (Å²) < 4.78 is 5.12. The Morgan fingerprint density at radius 3 is 2.79 bits per heavy atom. The molecule has 1 aromatic rings. The molecule has 1 unspecified atom stereocenters. The lowest BCUT2D eigenvalue weighted by atomic mass is 9.95. The van der Waals surface area contributed by atoms with Crippen LogP contribution in [0.15, 0.2) is 24.3 Å². The van der Waals surface area contributed by atoms with E-state index in [9.17, 15) is 4.79 Å². The van der Waals surface area contributed by atoms with Crippen LogP contribution < -0.4 is 10.6 Å². The first-order valence-corrected chi connectivity index (χ1v) is 6.63. The summed E-state index contributed by atoms with van der Waals surface area (Å²) in [6.07, 6.45) is 0.741. The zero-order valence-electron chi connectivity index (χ0n) is 11.8. The normalized spacial score (nSPS) is 18.8. The first-order valence-electron chi connectivity index (χ1n) is 6.63. The summed E-state index contributed by atoms with van der Waals surface area (Å²) in [5, 5.41) is 6.32. The summed E-state index contributed by atoms with van der Waals surface area (Å²) in [6.45, 7) is 5.18. The number of carbonyl (C=O) groups is 1. The number of carbonyl (C=O) groups excluding carboxylic acids is 1. The largest absolute Gasteiger partial charge is 0.382 e. The predicted molar refractivity (Wildman–Crippen MR) is 74.9 cm³/mol. The molecule has 1 amide bonds. The molecule has 0 bridgehead atoms. The second-order valence-corrected chi connectivity index (χ2v) is 5.71. The topological polar surface area (TPSA) is 50.4 Å². The number of rotatable bonds is 4. The Morgan fingerprint density at radius 2 is 2.11 bits per heavy atom. The third-order valence-corrected chi connectivity index (χ3v) is 3.36. The predicted octanol–water partition coefficient (Wildman–Crippen LogP) is 1.24. The molecule has 0 radical (unpaired) electrons. The number of ether oxygens (including phenoxy) is 1. The van der Waals surface area contributed by atoms with Crippen molar-refractivity contribution >= 4 is 5.91 Å². The lowest BCUT2D eigenvalue weighted by molar-refractivity contribution is -0.125. The lowest BCUT2D eigenvalue weighted by Crippen LogP contribution is -2.55. The van der Waals surface area contributed by atoms with Crippen molar-refractivity contribution in [3.05, 3.63) is 35.4 Å². The van der Waals surface area contributed by atoms with E-state index in [1.807, 2.05) is 26.0 Å². The van der Waals surface area contributed by atoms with E-state index in [0.29, 0.717) is 6.61 Å². The molecule has 1 aliphatic rings. The molecule has 0 aliphatic carbocycles. The van der Waals surface area contributed by atoms with Gasteiger partial charge >= 0.3 is 0 Å². The average Bonchev–Trinajstić information content (AvgIpc) is 2.37. The maximum atomic E-state index is 12.3. The number of hydrogen-bond acceptors (Lipinski definition) is 3. The van der Waals surface area contributed by atoms with Gasteiger partial charge in [-0.15, -0.1) is 0 Å². The number of methoxy groups -OCH3 is 1. The van der Waals surface area contributed by atoms with Crippen LogP contribution in [-0.2, 0) is 22.5 Å². The van der Waals surface area contributed by atoms with Crippen LogP contribution in [0.5, 0.6) is 0 Å². The quantitative estimate of drug-likeness (QED) is 0.858. The van der Waals surface area contributed by atoms with Crippen molar-refractivity contribution in [3.63, 3.8) is 0 Å². The van der Waals surface area contributed by atoms with E-state index >= 15 is 0 Å². The summed E-state index contributed by atoms with van der Waals surface area (Å²) in [5.41, 5.74) is 2.19. The average molecular weight is 262 g/mol. The number of hydrogen-bond donors (Lipinski definition) is 2. The third kappa shape index (κ3) is 3.55. The van der Waals surface area contributed by atoms with Crippen LogP contribution in [0, 0.1) is 0 Å². The van der Waals surface area contributed by atoms with Crippen LogP contribution in [0.3, 0.4) is 0 Å². The molecular weight excluding hydrogens is 240 g/mol.